The average molecular weight is 485 g/mol. The number of benzene rings is 2. The molecule has 7 rings (SSSR count). The van der Waals surface area contributed by atoms with E-state index in [9.17, 15) is 0 Å². The largest absolute Gasteiger partial charge is 0.249 e. The van der Waals surface area contributed by atoms with Crippen molar-refractivity contribution in [3.63, 3.8) is 0 Å². The summed E-state index contributed by atoms with van der Waals surface area (Å²) in [4.78, 5) is 14.5. The Labute approximate surface area is 206 Å². The molecule has 33 heavy (non-hydrogen) atoms. The molecule has 3 heterocycles. The zero-order chi connectivity index (χ0) is 22.5. The molecule has 164 valence electrons. The van der Waals surface area contributed by atoms with Crippen molar-refractivity contribution in [2.24, 2.45) is 5.92 Å². The van der Waals surface area contributed by atoms with E-state index in [1.165, 1.54) is 41.5 Å². The van der Waals surface area contributed by atoms with E-state index in [0.717, 1.165) is 28.8 Å². The number of thioether (sulfide) groups is 2. The molecule has 0 bridgehead atoms. The van der Waals surface area contributed by atoms with Gasteiger partial charge in [0.1, 0.15) is 0 Å². The molecule has 0 radical (unpaired) electrons. The van der Waals surface area contributed by atoms with Gasteiger partial charge in [0.15, 0.2) is 0 Å². The number of nitrogens with zero attached hydrogens (tertiary/aromatic N) is 2. The molecular formula is C28H24N2S3. The molecular weight excluding hydrogens is 461 g/mol. The van der Waals surface area contributed by atoms with Crippen LogP contribution in [0.2, 0.25) is 0 Å². The van der Waals surface area contributed by atoms with Crippen molar-refractivity contribution in [2.45, 2.75) is 47.6 Å². The van der Waals surface area contributed by atoms with E-state index in [-0.39, 0.29) is 4.75 Å². The quantitative estimate of drug-likeness (QED) is 0.254. The summed E-state index contributed by atoms with van der Waals surface area (Å²) in [6, 6.07) is 11.4. The van der Waals surface area contributed by atoms with Crippen molar-refractivity contribution in [2.75, 3.05) is 6.26 Å². The van der Waals surface area contributed by atoms with Crippen LogP contribution in [-0.2, 0) is 6.42 Å². The Balaban J connectivity index is 1.40. The third-order valence-electron chi connectivity index (χ3n) is 7.58. The Kier molecular flexibility index (Phi) is 4.29. The molecule has 3 atom stereocenters. The first kappa shape index (κ1) is 20.3. The first-order chi connectivity index (χ1) is 15.9. The lowest BCUT2D eigenvalue weighted by Crippen LogP contribution is -2.26. The maximum Gasteiger partial charge on any atom is 0.0908 e. The molecule has 0 saturated heterocycles. The van der Waals surface area contributed by atoms with Crippen LogP contribution in [0.25, 0.3) is 38.8 Å². The molecule has 1 aliphatic heterocycles. The fourth-order valence-electron chi connectivity index (χ4n) is 5.48. The normalized spacial score (nSPS) is 25.0. The Hall–Kier alpha value is -2.08. The van der Waals surface area contributed by atoms with Crippen molar-refractivity contribution in [3.05, 3.63) is 63.8 Å². The van der Waals surface area contributed by atoms with E-state index in [2.05, 4.69) is 75.6 Å². The lowest BCUT2D eigenvalue weighted by atomic mass is 9.84. The van der Waals surface area contributed by atoms with Gasteiger partial charge < -0.3 is 0 Å². The van der Waals surface area contributed by atoms with Gasteiger partial charge in [-0.15, -0.1) is 34.9 Å². The zero-order valence-corrected chi connectivity index (χ0v) is 21.5. The minimum absolute atomic E-state index is 0.0225. The highest BCUT2D eigenvalue weighted by molar-refractivity contribution is 8.01. The Bertz CT molecular complexity index is 1560. The molecule has 3 aliphatic rings. The molecule has 2 nitrogen and oxygen atoms in total. The Morgan fingerprint density at radius 2 is 1.94 bits per heavy atom. The lowest BCUT2D eigenvalue weighted by Gasteiger charge is -2.29. The minimum Gasteiger partial charge on any atom is -0.249 e. The number of allylic oxidation sites excluding steroid dienone is 1. The van der Waals surface area contributed by atoms with Crippen LogP contribution >= 0.6 is 34.9 Å². The van der Waals surface area contributed by atoms with Gasteiger partial charge >= 0.3 is 0 Å². The fraction of sp³-hybridized carbons (Fsp3) is 0.286. The first-order valence-corrected chi connectivity index (χ1v) is 14.3. The Morgan fingerprint density at radius 3 is 2.79 bits per heavy atom. The second kappa shape index (κ2) is 6.97. The number of aromatic nitrogens is 2. The van der Waals surface area contributed by atoms with Crippen LogP contribution in [0.5, 0.6) is 0 Å². The van der Waals surface area contributed by atoms with Crippen molar-refractivity contribution in [1.82, 2.24) is 9.97 Å². The summed E-state index contributed by atoms with van der Waals surface area (Å²) in [5.74, 6) is 1.15. The summed E-state index contributed by atoms with van der Waals surface area (Å²) in [6.45, 7) is 7.02. The van der Waals surface area contributed by atoms with E-state index in [1.807, 2.05) is 23.1 Å². The number of hydrogen-bond acceptors (Lipinski definition) is 5. The van der Waals surface area contributed by atoms with Crippen LogP contribution in [0.1, 0.15) is 54.1 Å². The van der Waals surface area contributed by atoms with Crippen molar-refractivity contribution in [1.29, 1.82) is 0 Å². The van der Waals surface area contributed by atoms with E-state index in [4.69, 9.17) is 9.97 Å². The van der Waals surface area contributed by atoms with Crippen LogP contribution < -0.4 is 0 Å². The average Bonchev–Trinajstić information content (AvgIpc) is 3.30. The summed E-state index contributed by atoms with van der Waals surface area (Å²) in [6.07, 6.45) is 10.0. The molecule has 3 unspecified atom stereocenters. The Morgan fingerprint density at radius 1 is 1.09 bits per heavy atom. The lowest BCUT2D eigenvalue weighted by molar-refractivity contribution is 0.596. The zero-order valence-electron chi connectivity index (χ0n) is 19.1. The molecule has 4 aromatic rings. The SMILES string of the molecule is CSc1ccc2c(c1)SC1(C)Cc3nc4cc5c6c(sc5cc4nc3C=C21)C(C)C(C)C=C6. The van der Waals surface area contributed by atoms with Gasteiger partial charge in [0, 0.05) is 35.9 Å². The van der Waals surface area contributed by atoms with E-state index in [0.29, 0.717) is 11.8 Å². The molecule has 2 aromatic heterocycles. The van der Waals surface area contributed by atoms with Crippen LogP contribution in [0, 0.1) is 5.92 Å². The van der Waals surface area contributed by atoms with E-state index >= 15 is 0 Å². The highest BCUT2D eigenvalue weighted by Gasteiger charge is 2.42. The van der Waals surface area contributed by atoms with Crippen molar-refractivity contribution in [3.8, 4) is 0 Å². The van der Waals surface area contributed by atoms with Gasteiger partial charge in [-0.25, -0.2) is 9.97 Å². The van der Waals surface area contributed by atoms with Crippen LogP contribution in [0.4, 0.5) is 0 Å². The number of thiophene rings is 1. The molecule has 2 aromatic carbocycles. The van der Waals surface area contributed by atoms with Gasteiger partial charge in [-0.1, -0.05) is 32.1 Å². The van der Waals surface area contributed by atoms with Crippen LogP contribution in [0.15, 0.2) is 46.2 Å². The molecule has 0 amide bonds. The summed E-state index contributed by atoms with van der Waals surface area (Å²) in [5.41, 5.74) is 8.35. The number of rotatable bonds is 1. The molecule has 0 fully saturated rings. The third kappa shape index (κ3) is 2.88. The molecule has 5 heteroatoms. The summed E-state index contributed by atoms with van der Waals surface area (Å²) < 4.78 is 1.35. The molecule has 0 N–H and O–H groups in total. The van der Waals surface area contributed by atoms with Crippen molar-refractivity contribution >= 4 is 73.7 Å². The standard InChI is InChI=1S/C28H24N2S3/c1-14-5-7-17-19-10-21-23(12-25(19)32-27(17)15(14)2)29-22-11-20-18-8-6-16(31-4)9-26(18)33-28(20,3)13-24(22)30-21/h5-12,14-15H,13H2,1-4H3. The van der Waals surface area contributed by atoms with Crippen LogP contribution in [-0.4, -0.2) is 21.0 Å². The minimum atomic E-state index is 0.0225. The second-order valence-electron chi connectivity index (χ2n) is 9.71. The van der Waals surface area contributed by atoms with Gasteiger partial charge in [0.05, 0.1) is 22.4 Å². The summed E-state index contributed by atoms with van der Waals surface area (Å²) >= 11 is 5.73. The predicted molar refractivity (Wildman–Crippen MR) is 146 cm³/mol. The predicted octanol–water partition coefficient (Wildman–Crippen LogP) is 8.29. The topological polar surface area (TPSA) is 25.8 Å². The molecule has 0 spiro atoms. The van der Waals surface area contributed by atoms with Crippen molar-refractivity contribution < 1.29 is 0 Å². The molecule has 2 aliphatic carbocycles. The van der Waals surface area contributed by atoms with Gasteiger partial charge in [-0.3, -0.25) is 0 Å². The highest BCUT2D eigenvalue weighted by atomic mass is 32.2. The summed E-state index contributed by atoms with van der Waals surface area (Å²) in [5, 5.41) is 1.33. The van der Waals surface area contributed by atoms with Crippen LogP contribution in [0.3, 0.4) is 0 Å². The highest BCUT2D eigenvalue weighted by Crippen LogP contribution is 2.57. The van der Waals surface area contributed by atoms with E-state index < -0.39 is 0 Å². The first-order valence-electron chi connectivity index (χ1n) is 11.5. The number of hydrogen-bond donors (Lipinski definition) is 0. The maximum atomic E-state index is 5.19. The third-order valence-corrected chi connectivity index (χ3v) is 11.0. The maximum absolute atomic E-state index is 5.19. The van der Waals surface area contributed by atoms with Gasteiger partial charge in [-0.05, 0) is 72.1 Å². The van der Waals surface area contributed by atoms with Gasteiger partial charge in [-0.2, -0.15) is 0 Å². The van der Waals surface area contributed by atoms with Gasteiger partial charge in [0.25, 0.3) is 0 Å². The monoisotopic (exact) mass is 484 g/mol. The fourth-order valence-corrected chi connectivity index (χ4v) is 8.82. The summed E-state index contributed by atoms with van der Waals surface area (Å²) in [7, 11) is 0. The number of fused-ring (bicyclic) bond motifs is 8. The van der Waals surface area contributed by atoms with Gasteiger partial charge in [0.2, 0.25) is 0 Å². The second-order valence-corrected chi connectivity index (χ2v) is 13.2. The van der Waals surface area contributed by atoms with E-state index in [1.54, 1.807) is 11.8 Å². The smallest absolute Gasteiger partial charge is 0.0908 e. The molecule has 0 saturated carbocycles.